The number of carbonyl (C=O) groups excluding carboxylic acids is 1. The zero-order chi connectivity index (χ0) is 9.78. The Kier molecular flexibility index (Phi) is 4.03. The average molecular weight is 174 g/mol. The fourth-order valence-corrected chi connectivity index (χ4v) is 0.488. The molecule has 0 aromatic carbocycles. The summed E-state index contributed by atoms with van der Waals surface area (Å²) in [7, 11) is 1.52. The predicted octanol–water partition coefficient (Wildman–Crippen LogP) is 0.716. The fourth-order valence-electron chi connectivity index (χ4n) is 0.488. The second kappa shape index (κ2) is 4.30. The van der Waals surface area contributed by atoms with Crippen molar-refractivity contribution in [2.24, 2.45) is 11.1 Å². The molecule has 72 valence electrons. The molecule has 0 heterocycles. The van der Waals surface area contributed by atoms with Gasteiger partial charge in [0.1, 0.15) is 6.61 Å². The molecule has 1 atom stereocenters. The van der Waals surface area contributed by atoms with Gasteiger partial charge in [0.05, 0.1) is 0 Å². The van der Waals surface area contributed by atoms with Crippen molar-refractivity contribution >= 4 is 6.09 Å². The van der Waals surface area contributed by atoms with Crippen molar-refractivity contribution in [2.45, 2.75) is 26.8 Å². The summed E-state index contributed by atoms with van der Waals surface area (Å²) in [6, 6.07) is -0.130. The summed E-state index contributed by atoms with van der Waals surface area (Å²) >= 11 is 0. The van der Waals surface area contributed by atoms with E-state index < -0.39 is 6.09 Å². The zero-order valence-electron chi connectivity index (χ0n) is 8.18. The van der Waals surface area contributed by atoms with Gasteiger partial charge in [0.25, 0.3) is 0 Å². The first-order valence-corrected chi connectivity index (χ1v) is 3.98. The van der Waals surface area contributed by atoms with E-state index in [2.05, 4.69) is 5.32 Å². The molecule has 3 N–H and O–H groups in total. The minimum absolute atomic E-state index is 0.0337. The van der Waals surface area contributed by atoms with E-state index in [-0.39, 0.29) is 18.1 Å². The Hall–Kier alpha value is -0.770. The van der Waals surface area contributed by atoms with Crippen molar-refractivity contribution in [1.82, 2.24) is 5.32 Å². The highest BCUT2D eigenvalue weighted by Crippen LogP contribution is 2.17. The third kappa shape index (κ3) is 4.18. The third-order valence-electron chi connectivity index (χ3n) is 1.71. The molecule has 0 spiro atoms. The fraction of sp³-hybridized carbons (Fsp3) is 0.875. The summed E-state index contributed by atoms with van der Waals surface area (Å²) in [6.07, 6.45) is -0.435. The van der Waals surface area contributed by atoms with E-state index in [1.165, 1.54) is 7.05 Å². The van der Waals surface area contributed by atoms with Gasteiger partial charge in [-0.1, -0.05) is 20.8 Å². The van der Waals surface area contributed by atoms with Crippen LogP contribution in [0.15, 0.2) is 0 Å². The molecule has 0 aliphatic heterocycles. The smallest absolute Gasteiger partial charge is 0.406 e. The van der Waals surface area contributed by atoms with Crippen molar-refractivity contribution in [3.63, 3.8) is 0 Å². The Labute approximate surface area is 73.5 Å². The van der Waals surface area contributed by atoms with Crippen molar-refractivity contribution in [1.29, 1.82) is 0 Å². The summed E-state index contributed by atoms with van der Waals surface area (Å²) in [5.74, 6) is 0. The molecular formula is C8H18N2O2. The normalized spacial score (nSPS) is 13.8. The highest BCUT2D eigenvalue weighted by atomic mass is 16.5. The third-order valence-corrected chi connectivity index (χ3v) is 1.71. The number of ether oxygens (including phenoxy) is 1. The summed E-state index contributed by atoms with van der Waals surface area (Å²) in [6.45, 7) is 6.27. The minimum Gasteiger partial charge on any atom is -0.448 e. The van der Waals surface area contributed by atoms with E-state index in [9.17, 15) is 4.79 Å². The first kappa shape index (κ1) is 11.2. The quantitative estimate of drug-likeness (QED) is 0.648. The van der Waals surface area contributed by atoms with E-state index in [1.807, 2.05) is 20.8 Å². The van der Waals surface area contributed by atoms with Gasteiger partial charge in [0.2, 0.25) is 0 Å². The molecule has 0 bridgehead atoms. The number of amides is 1. The van der Waals surface area contributed by atoms with Crippen molar-refractivity contribution in [3.8, 4) is 0 Å². The maximum atomic E-state index is 10.7. The lowest BCUT2D eigenvalue weighted by Crippen LogP contribution is -2.40. The Morgan fingerprint density at radius 3 is 2.42 bits per heavy atom. The number of alkyl carbamates (subject to hydrolysis) is 1. The number of carbonyl (C=O) groups is 1. The lowest BCUT2D eigenvalue weighted by Gasteiger charge is -2.26. The summed E-state index contributed by atoms with van der Waals surface area (Å²) < 4.78 is 4.80. The van der Waals surface area contributed by atoms with Crippen molar-refractivity contribution in [3.05, 3.63) is 0 Å². The van der Waals surface area contributed by atoms with Crippen LogP contribution in [0, 0.1) is 5.41 Å². The van der Waals surface area contributed by atoms with Crippen molar-refractivity contribution in [2.75, 3.05) is 13.7 Å². The summed E-state index contributed by atoms with van der Waals surface area (Å²) in [5.41, 5.74) is 5.72. The Morgan fingerprint density at radius 2 is 2.08 bits per heavy atom. The van der Waals surface area contributed by atoms with E-state index in [0.29, 0.717) is 0 Å². The van der Waals surface area contributed by atoms with E-state index in [4.69, 9.17) is 10.5 Å². The van der Waals surface area contributed by atoms with Crippen LogP contribution >= 0.6 is 0 Å². The van der Waals surface area contributed by atoms with Gasteiger partial charge in [-0.2, -0.15) is 0 Å². The molecule has 0 radical (unpaired) electrons. The van der Waals surface area contributed by atoms with Gasteiger partial charge in [-0.3, -0.25) is 0 Å². The molecule has 0 aliphatic rings. The van der Waals surface area contributed by atoms with Gasteiger partial charge < -0.3 is 15.8 Å². The molecule has 0 aromatic heterocycles. The topological polar surface area (TPSA) is 64.3 Å². The molecule has 0 fully saturated rings. The van der Waals surface area contributed by atoms with Gasteiger partial charge in [-0.25, -0.2) is 4.79 Å². The molecule has 1 amide bonds. The lowest BCUT2D eigenvalue weighted by molar-refractivity contribution is 0.120. The largest absolute Gasteiger partial charge is 0.448 e. The van der Waals surface area contributed by atoms with Crippen LogP contribution in [0.5, 0.6) is 0 Å². The maximum Gasteiger partial charge on any atom is 0.406 e. The first-order valence-electron chi connectivity index (χ1n) is 3.98. The number of hydrogen-bond acceptors (Lipinski definition) is 3. The number of rotatable bonds is 2. The summed E-state index contributed by atoms with van der Waals surface area (Å²) in [4.78, 5) is 10.7. The molecule has 0 saturated heterocycles. The second-order valence-corrected chi connectivity index (χ2v) is 3.82. The van der Waals surface area contributed by atoms with Gasteiger partial charge in [-0.05, 0) is 5.41 Å². The van der Waals surface area contributed by atoms with Crippen LogP contribution in [0.3, 0.4) is 0 Å². The van der Waals surface area contributed by atoms with Crippen LogP contribution in [0.4, 0.5) is 4.79 Å². The highest BCUT2D eigenvalue weighted by Gasteiger charge is 2.21. The zero-order valence-corrected chi connectivity index (χ0v) is 8.18. The number of nitrogens with two attached hydrogens (primary N) is 1. The van der Waals surface area contributed by atoms with Crippen LogP contribution in [0.2, 0.25) is 0 Å². The molecule has 0 aliphatic carbocycles. The molecule has 0 unspecified atom stereocenters. The van der Waals surface area contributed by atoms with Gasteiger partial charge in [0, 0.05) is 13.1 Å². The Balaban J connectivity index is 3.72. The second-order valence-electron chi connectivity index (χ2n) is 3.82. The monoisotopic (exact) mass is 174 g/mol. The van der Waals surface area contributed by atoms with Crippen LogP contribution in [-0.4, -0.2) is 25.8 Å². The lowest BCUT2D eigenvalue weighted by atomic mass is 9.88. The van der Waals surface area contributed by atoms with Crippen LogP contribution in [-0.2, 0) is 4.74 Å². The molecule has 12 heavy (non-hydrogen) atoms. The van der Waals surface area contributed by atoms with E-state index in [1.54, 1.807) is 0 Å². The number of hydrogen-bond donors (Lipinski definition) is 2. The molecule has 0 saturated carbocycles. The van der Waals surface area contributed by atoms with Crippen LogP contribution in [0.25, 0.3) is 0 Å². The van der Waals surface area contributed by atoms with E-state index in [0.717, 1.165) is 0 Å². The standard InChI is InChI=1S/C8H18N2O2/c1-8(2,3)6(9)5-12-7(11)10-4/h6H,5,9H2,1-4H3,(H,10,11)/t6-/m1/s1. The molecule has 4 nitrogen and oxygen atoms in total. The molecule has 0 aromatic rings. The maximum absolute atomic E-state index is 10.7. The first-order chi connectivity index (χ1) is 5.38. The van der Waals surface area contributed by atoms with Crippen molar-refractivity contribution < 1.29 is 9.53 Å². The SMILES string of the molecule is CNC(=O)OC[C@@H](N)C(C)(C)C. The average Bonchev–Trinajstić information content (AvgIpc) is 1.97. The van der Waals surface area contributed by atoms with Gasteiger partial charge in [0.15, 0.2) is 0 Å². The predicted molar refractivity (Wildman–Crippen MR) is 47.8 cm³/mol. The van der Waals surface area contributed by atoms with Gasteiger partial charge in [-0.15, -0.1) is 0 Å². The molecular weight excluding hydrogens is 156 g/mol. The molecule has 4 heteroatoms. The Morgan fingerprint density at radius 1 is 1.58 bits per heavy atom. The number of nitrogens with one attached hydrogen (secondary N) is 1. The summed E-state index contributed by atoms with van der Waals surface area (Å²) in [5, 5.41) is 2.36. The van der Waals surface area contributed by atoms with Crippen LogP contribution < -0.4 is 11.1 Å². The van der Waals surface area contributed by atoms with Gasteiger partial charge >= 0.3 is 6.09 Å². The highest BCUT2D eigenvalue weighted by molar-refractivity contribution is 5.66. The minimum atomic E-state index is -0.435. The van der Waals surface area contributed by atoms with E-state index >= 15 is 0 Å². The van der Waals surface area contributed by atoms with Crippen LogP contribution in [0.1, 0.15) is 20.8 Å². The molecule has 0 rings (SSSR count). The Bertz CT molecular complexity index is 152.